The molecule has 0 radical (unpaired) electrons. The molecule has 1 unspecified atom stereocenters. The molecule has 2 aromatic carbocycles. The van der Waals surface area contributed by atoms with Gasteiger partial charge in [-0.3, -0.25) is 4.79 Å². The van der Waals surface area contributed by atoms with Gasteiger partial charge in [-0.1, -0.05) is 48.0 Å². The molecular formula is C19H23ClN2O2. The second kappa shape index (κ2) is 8.71. The molecule has 0 saturated heterocycles. The van der Waals surface area contributed by atoms with Gasteiger partial charge >= 0.3 is 0 Å². The van der Waals surface area contributed by atoms with E-state index in [-0.39, 0.29) is 18.4 Å². The topological polar surface area (TPSA) is 41.6 Å². The zero-order valence-electron chi connectivity index (χ0n) is 14.3. The van der Waals surface area contributed by atoms with Crippen LogP contribution in [-0.2, 0) is 11.2 Å². The van der Waals surface area contributed by atoms with Crippen LogP contribution in [0.1, 0.15) is 17.2 Å². The van der Waals surface area contributed by atoms with Gasteiger partial charge in [-0.2, -0.15) is 0 Å². The van der Waals surface area contributed by atoms with E-state index >= 15 is 0 Å². The average Bonchev–Trinajstić information content (AvgIpc) is 2.57. The number of hydrogen-bond donors (Lipinski definition) is 1. The van der Waals surface area contributed by atoms with E-state index in [2.05, 4.69) is 10.2 Å². The minimum Gasteiger partial charge on any atom is -0.496 e. The summed E-state index contributed by atoms with van der Waals surface area (Å²) in [5.41, 5.74) is 1.87. The van der Waals surface area contributed by atoms with Gasteiger partial charge in [0.25, 0.3) is 0 Å². The van der Waals surface area contributed by atoms with Gasteiger partial charge < -0.3 is 15.0 Å². The van der Waals surface area contributed by atoms with Crippen LogP contribution in [0.4, 0.5) is 0 Å². The Balaban J connectivity index is 2.04. The second-order valence-corrected chi connectivity index (χ2v) is 6.20. The Bertz CT molecular complexity index is 689. The highest BCUT2D eigenvalue weighted by Gasteiger charge is 2.19. The number of likely N-dealkylation sites (N-methyl/N-ethyl adjacent to an activating group) is 1. The standard InChI is InChI=1S/C19H23ClN2O2/c1-22(2)17(15-9-5-7-11-18(15)24-3)13-21-19(23)12-14-8-4-6-10-16(14)20/h4-11,17H,12-13H2,1-3H3,(H,21,23). The minimum atomic E-state index is -0.0511. The summed E-state index contributed by atoms with van der Waals surface area (Å²) in [6.45, 7) is 0.497. The molecule has 128 valence electrons. The molecule has 1 atom stereocenters. The van der Waals surface area contributed by atoms with Crippen molar-refractivity contribution in [2.75, 3.05) is 27.7 Å². The Morgan fingerprint density at radius 1 is 1.17 bits per heavy atom. The van der Waals surface area contributed by atoms with Gasteiger partial charge in [0.15, 0.2) is 0 Å². The number of amides is 1. The molecule has 5 heteroatoms. The minimum absolute atomic E-state index is 0.0244. The maximum Gasteiger partial charge on any atom is 0.224 e. The van der Waals surface area contributed by atoms with Crippen molar-refractivity contribution in [2.24, 2.45) is 0 Å². The van der Waals surface area contributed by atoms with Crippen molar-refractivity contribution >= 4 is 17.5 Å². The third-order valence-corrected chi connectivity index (χ3v) is 4.29. The molecule has 1 N–H and O–H groups in total. The Morgan fingerprint density at radius 2 is 1.83 bits per heavy atom. The number of carbonyl (C=O) groups is 1. The number of hydrogen-bond acceptors (Lipinski definition) is 3. The average molecular weight is 347 g/mol. The van der Waals surface area contributed by atoms with Crippen LogP contribution in [0, 0.1) is 0 Å². The number of para-hydroxylation sites is 1. The van der Waals surface area contributed by atoms with Crippen LogP contribution in [0.3, 0.4) is 0 Å². The van der Waals surface area contributed by atoms with Crippen LogP contribution in [0.15, 0.2) is 48.5 Å². The van der Waals surface area contributed by atoms with Gasteiger partial charge in [0.05, 0.1) is 19.6 Å². The molecule has 24 heavy (non-hydrogen) atoms. The van der Waals surface area contributed by atoms with Crippen LogP contribution in [0.2, 0.25) is 5.02 Å². The van der Waals surface area contributed by atoms with Crippen molar-refractivity contribution in [2.45, 2.75) is 12.5 Å². The molecule has 0 aliphatic heterocycles. The van der Waals surface area contributed by atoms with E-state index in [1.807, 2.05) is 56.6 Å². The highest BCUT2D eigenvalue weighted by Crippen LogP contribution is 2.27. The van der Waals surface area contributed by atoms with E-state index in [9.17, 15) is 4.79 Å². The first-order valence-corrected chi connectivity index (χ1v) is 8.20. The maximum atomic E-state index is 12.3. The van der Waals surface area contributed by atoms with Gasteiger partial charge in [-0.25, -0.2) is 0 Å². The summed E-state index contributed by atoms with van der Waals surface area (Å²) in [5.74, 6) is 0.765. The van der Waals surface area contributed by atoms with Crippen LogP contribution in [-0.4, -0.2) is 38.6 Å². The molecular weight excluding hydrogens is 324 g/mol. The summed E-state index contributed by atoms with van der Waals surface area (Å²) in [5, 5.41) is 3.61. The largest absolute Gasteiger partial charge is 0.496 e. The lowest BCUT2D eigenvalue weighted by atomic mass is 10.0. The van der Waals surface area contributed by atoms with Gasteiger partial charge in [-0.05, 0) is 31.8 Å². The lowest BCUT2D eigenvalue weighted by molar-refractivity contribution is -0.120. The summed E-state index contributed by atoms with van der Waals surface area (Å²) < 4.78 is 5.44. The number of carbonyl (C=O) groups excluding carboxylic acids is 1. The number of halogens is 1. The molecule has 0 saturated carbocycles. The lowest BCUT2D eigenvalue weighted by Crippen LogP contribution is -2.35. The number of methoxy groups -OCH3 is 1. The van der Waals surface area contributed by atoms with E-state index in [0.29, 0.717) is 11.6 Å². The molecule has 0 aliphatic rings. The molecule has 0 aliphatic carbocycles. The summed E-state index contributed by atoms with van der Waals surface area (Å²) in [6.07, 6.45) is 0.270. The first-order valence-electron chi connectivity index (χ1n) is 7.82. The van der Waals surface area contributed by atoms with Gasteiger partial charge in [0.1, 0.15) is 5.75 Å². The van der Waals surface area contributed by atoms with Crippen LogP contribution in [0.25, 0.3) is 0 Å². The van der Waals surface area contributed by atoms with Crippen LogP contribution < -0.4 is 10.1 Å². The number of nitrogens with zero attached hydrogens (tertiary/aromatic N) is 1. The quantitative estimate of drug-likeness (QED) is 0.836. The Morgan fingerprint density at radius 3 is 2.50 bits per heavy atom. The van der Waals surface area contributed by atoms with E-state index < -0.39 is 0 Å². The fourth-order valence-corrected chi connectivity index (χ4v) is 2.80. The molecule has 2 aromatic rings. The summed E-state index contributed by atoms with van der Waals surface area (Å²) in [6, 6.07) is 15.3. The summed E-state index contributed by atoms with van der Waals surface area (Å²) >= 11 is 6.11. The van der Waals surface area contributed by atoms with Gasteiger partial charge in [-0.15, -0.1) is 0 Å². The zero-order chi connectivity index (χ0) is 17.5. The predicted molar refractivity (Wildman–Crippen MR) is 97.6 cm³/mol. The van der Waals surface area contributed by atoms with Crippen molar-refractivity contribution in [1.29, 1.82) is 0 Å². The first-order chi connectivity index (χ1) is 11.5. The van der Waals surface area contributed by atoms with E-state index in [1.54, 1.807) is 13.2 Å². The van der Waals surface area contributed by atoms with E-state index in [0.717, 1.165) is 16.9 Å². The molecule has 2 rings (SSSR count). The highest BCUT2D eigenvalue weighted by atomic mass is 35.5. The highest BCUT2D eigenvalue weighted by molar-refractivity contribution is 6.31. The third-order valence-electron chi connectivity index (χ3n) is 3.92. The fraction of sp³-hybridized carbons (Fsp3) is 0.316. The first kappa shape index (κ1) is 18.3. The molecule has 0 bridgehead atoms. The number of nitrogens with one attached hydrogen (secondary N) is 1. The van der Waals surface area contributed by atoms with E-state index in [4.69, 9.17) is 16.3 Å². The number of ether oxygens (including phenoxy) is 1. The van der Waals surface area contributed by atoms with Crippen molar-refractivity contribution in [3.8, 4) is 5.75 Å². The SMILES string of the molecule is COc1ccccc1C(CNC(=O)Cc1ccccc1Cl)N(C)C. The van der Waals surface area contributed by atoms with Crippen LogP contribution >= 0.6 is 11.6 Å². The smallest absolute Gasteiger partial charge is 0.224 e. The van der Waals surface area contributed by atoms with Crippen molar-refractivity contribution in [3.05, 3.63) is 64.7 Å². The van der Waals surface area contributed by atoms with Gasteiger partial charge in [0.2, 0.25) is 5.91 Å². The normalized spacial score (nSPS) is 12.0. The maximum absolute atomic E-state index is 12.3. The molecule has 0 heterocycles. The lowest BCUT2D eigenvalue weighted by Gasteiger charge is -2.26. The van der Waals surface area contributed by atoms with Crippen molar-refractivity contribution in [1.82, 2.24) is 10.2 Å². The zero-order valence-corrected chi connectivity index (χ0v) is 15.0. The molecule has 4 nitrogen and oxygen atoms in total. The number of rotatable bonds is 7. The number of benzene rings is 2. The Kier molecular flexibility index (Phi) is 6.64. The fourth-order valence-electron chi connectivity index (χ4n) is 2.60. The Labute approximate surface area is 148 Å². The Hall–Kier alpha value is -2.04. The van der Waals surface area contributed by atoms with E-state index in [1.165, 1.54) is 0 Å². The molecule has 0 fully saturated rings. The molecule has 0 aromatic heterocycles. The predicted octanol–water partition coefficient (Wildman–Crippen LogP) is 3.31. The second-order valence-electron chi connectivity index (χ2n) is 5.79. The van der Waals surface area contributed by atoms with Crippen molar-refractivity contribution in [3.63, 3.8) is 0 Å². The monoisotopic (exact) mass is 346 g/mol. The molecule has 1 amide bonds. The van der Waals surface area contributed by atoms with Crippen molar-refractivity contribution < 1.29 is 9.53 Å². The molecule has 0 spiro atoms. The van der Waals surface area contributed by atoms with Crippen LogP contribution in [0.5, 0.6) is 5.75 Å². The third kappa shape index (κ3) is 4.73. The summed E-state index contributed by atoms with van der Waals surface area (Å²) in [4.78, 5) is 14.3. The summed E-state index contributed by atoms with van der Waals surface area (Å²) in [7, 11) is 5.62. The van der Waals surface area contributed by atoms with Gasteiger partial charge in [0, 0.05) is 17.1 Å².